The third kappa shape index (κ3) is 4.76. The summed E-state index contributed by atoms with van der Waals surface area (Å²) in [5.41, 5.74) is 5.60. The summed E-state index contributed by atoms with van der Waals surface area (Å²) in [7, 11) is 0. The fourth-order valence-electron chi connectivity index (χ4n) is 2.74. The smallest absolute Gasteiger partial charge is 0.260 e. The van der Waals surface area contributed by atoms with Crippen LogP contribution in [0.4, 0.5) is 0 Å². The van der Waals surface area contributed by atoms with E-state index in [2.05, 4.69) is 5.32 Å². The van der Waals surface area contributed by atoms with Crippen molar-refractivity contribution in [3.63, 3.8) is 0 Å². The van der Waals surface area contributed by atoms with E-state index in [0.717, 1.165) is 6.54 Å². The molecule has 1 aromatic carbocycles. The van der Waals surface area contributed by atoms with Crippen molar-refractivity contribution < 1.29 is 14.3 Å². The van der Waals surface area contributed by atoms with Crippen LogP contribution in [0.25, 0.3) is 0 Å². The first-order valence-corrected chi connectivity index (χ1v) is 7.90. The van der Waals surface area contributed by atoms with Gasteiger partial charge in [-0.2, -0.15) is 0 Å². The fraction of sp³-hybridized carbons (Fsp3) is 0.529. The van der Waals surface area contributed by atoms with E-state index in [-0.39, 0.29) is 5.91 Å². The fourth-order valence-corrected chi connectivity index (χ4v) is 2.74. The Morgan fingerprint density at radius 1 is 1.23 bits per heavy atom. The summed E-state index contributed by atoms with van der Waals surface area (Å²) < 4.78 is 5.59. The number of amides is 2. The van der Waals surface area contributed by atoms with Crippen LogP contribution < -0.4 is 15.8 Å². The van der Waals surface area contributed by atoms with E-state index in [1.54, 1.807) is 31.2 Å². The van der Waals surface area contributed by atoms with Crippen molar-refractivity contribution in [2.75, 3.05) is 6.54 Å². The molecule has 0 radical (unpaired) electrons. The highest BCUT2D eigenvalue weighted by Gasteiger charge is 2.18. The van der Waals surface area contributed by atoms with Crippen LogP contribution in [0, 0.1) is 5.92 Å². The topological polar surface area (TPSA) is 81.4 Å². The van der Waals surface area contributed by atoms with E-state index < -0.39 is 12.0 Å². The Kier molecular flexibility index (Phi) is 5.81. The molecule has 1 saturated carbocycles. The van der Waals surface area contributed by atoms with E-state index in [1.165, 1.54) is 32.1 Å². The van der Waals surface area contributed by atoms with Gasteiger partial charge in [0.15, 0.2) is 6.10 Å². The standard InChI is InChI=1S/C17H24N2O3/c1-12(17(21)19-11-13-5-3-2-4-6-13)22-15-9-7-14(8-10-15)16(18)20/h7-10,12-13H,2-6,11H2,1H3,(H2,18,20)(H,19,21)/t12-/m1/s1. The number of hydrogen-bond donors (Lipinski definition) is 2. The molecule has 5 heteroatoms. The van der Waals surface area contributed by atoms with E-state index >= 15 is 0 Å². The molecule has 0 aliphatic heterocycles. The number of carbonyl (C=O) groups excluding carboxylic acids is 2. The summed E-state index contributed by atoms with van der Waals surface area (Å²) in [6, 6.07) is 6.46. The molecule has 120 valence electrons. The van der Waals surface area contributed by atoms with Crippen LogP contribution in [0.1, 0.15) is 49.4 Å². The maximum atomic E-state index is 12.1. The summed E-state index contributed by atoms with van der Waals surface area (Å²) in [6.07, 6.45) is 5.67. The Labute approximate surface area is 131 Å². The Morgan fingerprint density at radius 2 is 1.86 bits per heavy atom. The molecular formula is C17H24N2O3. The molecule has 2 rings (SSSR count). The summed E-state index contributed by atoms with van der Waals surface area (Å²) in [5.74, 6) is 0.555. The van der Waals surface area contributed by atoms with Crippen molar-refractivity contribution in [3.05, 3.63) is 29.8 Å². The predicted octanol–water partition coefficient (Wildman–Crippen LogP) is 2.25. The van der Waals surface area contributed by atoms with E-state index in [1.807, 2.05) is 0 Å². The highest BCUT2D eigenvalue weighted by atomic mass is 16.5. The number of nitrogens with two attached hydrogens (primary N) is 1. The molecular weight excluding hydrogens is 280 g/mol. The minimum Gasteiger partial charge on any atom is -0.481 e. The average molecular weight is 304 g/mol. The van der Waals surface area contributed by atoms with Gasteiger partial charge in [-0.05, 0) is 49.9 Å². The maximum absolute atomic E-state index is 12.1. The first-order chi connectivity index (χ1) is 10.6. The van der Waals surface area contributed by atoms with Gasteiger partial charge >= 0.3 is 0 Å². The number of carbonyl (C=O) groups is 2. The summed E-state index contributed by atoms with van der Waals surface area (Å²) in [6.45, 7) is 2.45. The lowest BCUT2D eigenvalue weighted by atomic mass is 9.89. The molecule has 1 atom stereocenters. The summed E-state index contributed by atoms with van der Waals surface area (Å²) >= 11 is 0. The maximum Gasteiger partial charge on any atom is 0.260 e. The molecule has 0 heterocycles. The van der Waals surface area contributed by atoms with Crippen LogP contribution in [0.2, 0.25) is 0 Å². The van der Waals surface area contributed by atoms with Gasteiger partial charge in [0.25, 0.3) is 5.91 Å². The molecule has 3 N–H and O–H groups in total. The molecule has 1 aliphatic carbocycles. The van der Waals surface area contributed by atoms with Gasteiger partial charge in [-0.3, -0.25) is 9.59 Å². The monoisotopic (exact) mass is 304 g/mol. The lowest BCUT2D eigenvalue weighted by molar-refractivity contribution is -0.127. The van der Waals surface area contributed by atoms with Crippen LogP contribution in [-0.4, -0.2) is 24.5 Å². The van der Waals surface area contributed by atoms with Gasteiger partial charge < -0.3 is 15.8 Å². The first-order valence-electron chi connectivity index (χ1n) is 7.90. The number of nitrogens with one attached hydrogen (secondary N) is 1. The Hall–Kier alpha value is -2.04. The zero-order chi connectivity index (χ0) is 15.9. The highest BCUT2D eigenvalue weighted by molar-refractivity contribution is 5.92. The van der Waals surface area contributed by atoms with E-state index in [4.69, 9.17) is 10.5 Å². The van der Waals surface area contributed by atoms with Gasteiger partial charge in [-0.15, -0.1) is 0 Å². The second kappa shape index (κ2) is 7.82. The number of hydrogen-bond acceptors (Lipinski definition) is 3. The van der Waals surface area contributed by atoms with Crippen molar-refractivity contribution in [2.45, 2.75) is 45.1 Å². The zero-order valence-corrected chi connectivity index (χ0v) is 13.0. The molecule has 0 saturated heterocycles. The molecule has 1 aromatic rings. The number of rotatable bonds is 6. The Bertz CT molecular complexity index is 507. The third-order valence-corrected chi connectivity index (χ3v) is 4.11. The van der Waals surface area contributed by atoms with E-state index in [9.17, 15) is 9.59 Å². The Balaban J connectivity index is 1.78. The van der Waals surface area contributed by atoms with Crippen LogP contribution in [0.3, 0.4) is 0 Å². The lowest BCUT2D eigenvalue weighted by Crippen LogP contribution is -2.39. The summed E-state index contributed by atoms with van der Waals surface area (Å²) in [4.78, 5) is 23.1. The second-order valence-electron chi connectivity index (χ2n) is 5.90. The van der Waals surface area contributed by atoms with E-state index in [0.29, 0.717) is 17.2 Å². The van der Waals surface area contributed by atoms with Gasteiger partial charge in [0.1, 0.15) is 5.75 Å². The van der Waals surface area contributed by atoms with Crippen LogP contribution in [0.5, 0.6) is 5.75 Å². The van der Waals surface area contributed by atoms with Crippen molar-refractivity contribution in [2.24, 2.45) is 11.7 Å². The summed E-state index contributed by atoms with van der Waals surface area (Å²) in [5, 5.41) is 2.96. The number of benzene rings is 1. The van der Waals surface area contributed by atoms with Crippen molar-refractivity contribution in [1.29, 1.82) is 0 Å². The second-order valence-corrected chi connectivity index (χ2v) is 5.90. The van der Waals surface area contributed by atoms with Gasteiger partial charge in [-0.25, -0.2) is 0 Å². The van der Waals surface area contributed by atoms with Gasteiger partial charge in [-0.1, -0.05) is 19.3 Å². The van der Waals surface area contributed by atoms with Gasteiger partial charge in [0, 0.05) is 12.1 Å². The van der Waals surface area contributed by atoms with Gasteiger partial charge in [0.05, 0.1) is 0 Å². The SMILES string of the molecule is C[C@@H](Oc1ccc(C(N)=O)cc1)C(=O)NCC1CCCCC1. The first kappa shape index (κ1) is 16.3. The molecule has 22 heavy (non-hydrogen) atoms. The minimum atomic E-state index is -0.567. The number of primary amides is 1. The lowest BCUT2D eigenvalue weighted by Gasteiger charge is -2.23. The van der Waals surface area contributed by atoms with Gasteiger partial charge in [0.2, 0.25) is 5.91 Å². The quantitative estimate of drug-likeness (QED) is 0.845. The molecule has 0 aromatic heterocycles. The zero-order valence-electron chi connectivity index (χ0n) is 13.0. The molecule has 5 nitrogen and oxygen atoms in total. The Morgan fingerprint density at radius 3 is 2.45 bits per heavy atom. The molecule has 1 aliphatic rings. The predicted molar refractivity (Wildman–Crippen MR) is 84.6 cm³/mol. The largest absolute Gasteiger partial charge is 0.481 e. The van der Waals surface area contributed by atoms with Crippen molar-refractivity contribution in [3.8, 4) is 5.75 Å². The van der Waals surface area contributed by atoms with Crippen LogP contribution in [-0.2, 0) is 4.79 Å². The molecule has 0 unspecified atom stereocenters. The van der Waals surface area contributed by atoms with Crippen molar-refractivity contribution >= 4 is 11.8 Å². The molecule has 2 amide bonds. The van der Waals surface area contributed by atoms with Crippen LogP contribution in [0.15, 0.2) is 24.3 Å². The average Bonchev–Trinajstić information content (AvgIpc) is 2.54. The molecule has 1 fully saturated rings. The minimum absolute atomic E-state index is 0.107. The van der Waals surface area contributed by atoms with Crippen LogP contribution >= 0.6 is 0 Å². The molecule has 0 spiro atoms. The molecule has 0 bridgehead atoms. The highest BCUT2D eigenvalue weighted by Crippen LogP contribution is 2.22. The normalized spacial score (nSPS) is 16.8. The van der Waals surface area contributed by atoms with Crippen molar-refractivity contribution in [1.82, 2.24) is 5.32 Å². The number of ether oxygens (including phenoxy) is 1. The third-order valence-electron chi connectivity index (χ3n) is 4.11.